The maximum Gasteiger partial charge on any atom is 0.198 e. The number of fused-ring (bicyclic) bond motifs is 1. The monoisotopic (exact) mass is 217 g/mol. The minimum atomic E-state index is -0.204. The number of benzene rings is 1. The number of ketones is 1. The van der Waals surface area contributed by atoms with Crippen molar-refractivity contribution in [3.8, 4) is 5.75 Å². The maximum atomic E-state index is 11.2. The zero-order valence-electron chi connectivity index (χ0n) is 9.02. The van der Waals surface area contributed by atoms with Crippen LogP contribution in [0.2, 0.25) is 0 Å². The summed E-state index contributed by atoms with van der Waals surface area (Å²) in [4.78, 5) is 19.2. The minimum absolute atomic E-state index is 0.134. The van der Waals surface area contributed by atoms with Crippen LogP contribution in [-0.4, -0.2) is 22.9 Å². The fourth-order valence-electron chi connectivity index (χ4n) is 1.42. The maximum absolute atomic E-state index is 11.2. The highest BCUT2D eigenvalue weighted by molar-refractivity contribution is 5.96. The average molecular weight is 217 g/mol. The van der Waals surface area contributed by atoms with E-state index in [1.807, 2.05) is 0 Å². The van der Waals surface area contributed by atoms with Gasteiger partial charge in [-0.05, 0) is 18.2 Å². The third-order valence-corrected chi connectivity index (χ3v) is 2.25. The Morgan fingerprint density at radius 1 is 1.38 bits per heavy atom. The number of nitrogen functional groups attached to an aromatic ring is 1. The molecule has 0 unspecified atom stereocenters. The first-order valence-corrected chi connectivity index (χ1v) is 4.74. The summed E-state index contributed by atoms with van der Waals surface area (Å²) >= 11 is 0. The summed E-state index contributed by atoms with van der Waals surface area (Å²) in [5.41, 5.74) is 6.40. The third-order valence-electron chi connectivity index (χ3n) is 2.25. The predicted octanol–water partition coefficient (Wildman–Crippen LogP) is 1.42. The van der Waals surface area contributed by atoms with Gasteiger partial charge in [0.05, 0.1) is 12.6 Å². The smallest absolute Gasteiger partial charge is 0.198 e. The fourth-order valence-corrected chi connectivity index (χ4v) is 1.42. The second-order valence-electron chi connectivity index (χ2n) is 3.37. The van der Waals surface area contributed by atoms with Gasteiger partial charge in [-0.3, -0.25) is 4.79 Å². The molecule has 2 N–H and O–H groups in total. The van der Waals surface area contributed by atoms with Crippen molar-refractivity contribution >= 4 is 22.5 Å². The molecule has 1 heterocycles. The van der Waals surface area contributed by atoms with E-state index in [1.54, 1.807) is 25.3 Å². The molecule has 0 saturated carbocycles. The second kappa shape index (κ2) is 3.77. The lowest BCUT2D eigenvalue weighted by Gasteiger charge is -2.05. The minimum Gasteiger partial charge on any atom is -0.497 e. The summed E-state index contributed by atoms with van der Waals surface area (Å²) in [7, 11) is 1.57. The van der Waals surface area contributed by atoms with E-state index in [0.29, 0.717) is 16.7 Å². The molecule has 1 aromatic carbocycles. The number of nitrogens with two attached hydrogens (primary N) is 1. The van der Waals surface area contributed by atoms with Gasteiger partial charge in [-0.25, -0.2) is 9.97 Å². The number of hydrogen-bond donors (Lipinski definition) is 1. The van der Waals surface area contributed by atoms with Gasteiger partial charge >= 0.3 is 0 Å². The molecule has 0 atom stereocenters. The Kier molecular flexibility index (Phi) is 2.44. The molecule has 0 aliphatic rings. The van der Waals surface area contributed by atoms with Gasteiger partial charge in [0.2, 0.25) is 0 Å². The number of rotatable bonds is 2. The van der Waals surface area contributed by atoms with Crippen LogP contribution in [-0.2, 0) is 0 Å². The van der Waals surface area contributed by atoms with Gasteiger partial charge in [0.25, 0.3) is 0 Å². The number of ether oxygens (including phenoxy) is 1. The van der Waals surface area contributed by atoms with Crippen molar-refractivity contribution in [3.05, 3.63) is 24.0 Å². The summed E-state index contributed by atoms with van der Waals surface area (Å²) in [6.07, 6.45) is 0. The van der Waals surface area contributed by atoms with E-state index < -0.39 is 0 Å². The molecule has 5 nitrogen and oxygen atoms in total. The van der Waals surface area contributed by atoms with Crippen LogP contribution in [0.15, 0.2) is 18.2 Å². The number of anilines is 1. The number of aromatic nitrogens is 2. The molecule has 0 aliphatic carbocycles. The number of hydrogen-bond acceptors (Lipinski definition) is 5. The molecule has 0 aliphatic heterocycles. The topological polar surface area (TPSA) is 78.1 Å². The SMILES string of the molecule is COc1ccc2nc(C(C)=O)nc(N)c2c1. The van der Waals surface area contributed by atoms with E-state index in [9.17, 15) is 4.79 Å². The van der Waals surface area contributed by atoms with E-state index in [2.05, 4.69) is 9.97 Å². The summed E-state index contributed by atoms with van der Waals surface area (Å²) in [5, 5.41) is 0.685. The van der Waals surface area contributed by atoms with Crippen molar-refractivity contribution in [2.45, 2.75) is 6.92 Å². The molecule has 82 valence electrons. The van der Waals surface area contributed by atoms with Gasteiger partial charge < -0.3 is 10.5 Å². The van der Waals surface area contributed by atoms with Gasteiger partial charge in [0, 0.05) is 12.3 Å². The van der Waals surface area contributed by atoms with E-state index in [4.69, 9.17) is 10.5 Å². The average Bonchev–Trinajstić information content (AvgIpc) is 2.28. The second-order valence-corrected chi connectivity index (χ2v) is 3.37. The molecule has 0 fully saturated rings. The summed E-state index contributed by atoms with van der Waals surface area (Å²) in [5.74, 6) is 0.895. The molecule has 1 aromatic heterocycles. The van der Waals surface area contributed by atoms with Crippen LogP contribution in [0.4, 0.5) is 5.82 Å². The van der Waals surface area contributed by atoms with Crippen molar-refractivity contribution in [1.29, 1.82) is 0 Å². The largest absolute Gasteiger partial charge is 0.497 e. The standard InChI is InChI=1S/C11H11N3O2/c1-6(15)11-13-9-4-3-7(16-2)5-8(9)10(12)14-11/h3-5H,1-2H3,(H2,12,13,14). The first-order chi connectivity index (χ1) is 7.61. The Balaban J connectivity index is 2.71. The van der Waals surface area contributed by atoms with Gasteiger partial charge in [-0.2, -0.15) is 0 Å². The highest BCUT2D eigenvalue weighted by Crippen LogP contribution is 2.23. The van der Waals surface area contributed by atoms with E-state index in [-0.39, 0.29) is 17.4 Å². The molecule has 0 saturated heterocycles. The zero-order valence-corrected chi connectivity index (χ0v) is 9.02. The van der Waals surface area contributed by atoms with Crippen LogP contribution in [0, 0.1) is 0 Å². The zero-order chi connectivity index (χ0) is 11.7. The Labute approximate surface area is 92.3 Å². The highest BCUT2D eigenvalue weighted by atomic mass is 16.5. The lowest BCUT2D eigenvalue weighted by Crippen LogP contribution is -2.05. The number of carbonyl (C=O) groups excluding carboxylic acids is 1. The lowest BCUT2D eigenvalue weighted by atomic mass is 10.2. The summed E-state index contributed by atoms with van der Waals surface area (Å²) < 4.78 is 5.08. The van der Waals surface area contributed by atoms with Crippen LogP contribution in [0.1, 0.15) is 17.5 Å². The molecular weight excluding hydrogens is 206 g/mol. The van der Waals surface area contributed by atoms with Crippen molar-refractivity contribution in [2.24, 2.45) is 0 Å². The summed E-state index contributed by atoms with van der Waals surface area (Å²) in [6.45, 7) is 1.41. The van der Waals surface area contributed by atoms with Crippen LogP contribution < -0.4 is 10.5 Å². The molecule has 0 bridgehead atoms. The van der Waals surface area contributed by atoms with Crippen molar-refractivity contribution in [1.82, 2.24) is 9.97 Å². The van der Waals surface area contributed by atoms with Crippen LogP contribution in [0.5, 0.6) is 5.75 Å². The molecule has 2 aromatic rings. The molecule has 0 amide bonds. The fraction of sp³-hybridized carbons (Fsp3) is 0.182. The Morgan fingerprint density at radius 2 is 2.12 bits per heavy atom. The van der Waals surface area contributed by atoms with E-state index in [1.165, 1.54) is 6.92 Å². The first kappa shape index (κ1) is 10.4. The highest BCUT2D eigenvalue weighted by Gasteiger charge is 2.09. The van der Waals surface area contributed by atoms with Crippen LogP contribution >= 0.6 is 0 Å². The number of methoxy groups -OCH3 is 1. The van der Waals surface area contributed by atoms with Gasteiger partial charge in [0.1, 0.15) is 11.6 Å². The van der Waals surface area contributed by atoms with Crippen LogP contribution in [0.3, 0.4) is 0 Å². The van der Waals surface area contributed by atoms with Crippen molar-refractivity contribution in [2.75, 3.05) is 12.8 Å². The quantitative estimate of drug-likeness (QED) is 0.770. The summed E-state index contributed by atoms with van der Waals surface area (Å²) in [6, 6.07) is 5.26. The molecule has 0 spiro atoms. The Morgan fingerprint density at radius 3 is 2.75 bits per heavy atom. The van der Waals surface area contributed by atoms with E-state index in [0.717, 1.165) is 0 Å². The Hall–Kier alpha value is -2.17. The lowest BCUT2D eigenvalue weighted by molar-refractivity contribution is 0.100. The Bertz CT molecular complexity index is 566. The molecule has 0 radical (unpaired) electrons. The van der Waals surface area contributed by atoms with Crippen LogP contribution in [0.25, 0.3) is 10.9 Å². The predicted molar refractivity (Wildman–Crippen MR) is 60.5 cm³/mol. The van der Waals surface area contributed by atoms with Gasteiger partial charge in [0.15, 0.2) is 11.6 Å². The van der Waals surface area contributed by atoms with Crippen molar-refractivity contribution in [3.63, 3.8) is 0 Å². The van der Waals surface area contributed by atoms with E-state index >= 15 is 0 Å². The number of nitrogens with zero attached hydrogens (tertiary/aromatic N) is 2. The molecule has 2 rings (SSSR count). The number of Topliss-reactive ketones (excluding diaryl/α,β-unsaturated/α-hetero) is 1. The third kappa shape index (κ3) is 1.67. The van der Waals surface area contributed by atoms with Crippen molar-refractivity contribution < 1.29 is 9.53 Å². The molecule has 5 heteroatoms. The normalized spacial score (nSPS) is 10.4. The van der Waals surface area contributed by atoms with Gasteiger partial charge in [-0.1, -0.05) is 0 Å². The number of carbonyl (C=O) groups is 1. The van der Waals surface area contributed by atoms with Gasteiger partial charge in [-0.15, -0.1) is 0 Å². The molecule has 16 heavy (non-hydrogen) atoms. The first-order valence-electron chi connectivity index (χ1n) is 4.74. The molecular formula is C11H11N3O2.